The minimum atomic E-state index is -3.79. The number of rotatable bonds is 7. The summed E-state index contributed by atoms with van der Waals surface area (Å²) in [5.41, 5.74) is 2.57. The number of methoxy groups -OCH3 is 1. The average Bonchev–Trinajstić information content (AvgIpc) is 2.75. The lowest BCUT2D eigenvalue weighted by molar-refractivity contribution is 0.102. The van der Waals surface area contributed by atoms with Crippen molar-refractivity contribution in [2.75, 3.05) is 25.5 Å². The van der Waals surface area contributed by atoms with Crippen LogP contribution in [-0.2, 0) is 10.0 Å². The summed E-state index contributed by atoms with van der Waals surface area (Å²) >= 11 is 0. The Hall–Kier alpha value is -2.42. The molecule has 1 unspecified atom stereocenters. The van der Waals surface area contributed by atoms with E-state index in [9.17, 15) is 13.2 Å². The summed E-state index contributed by atoms with van der Waals surface area (Å²) in [4.78, 5) is 12.8. The van der Waals surface area contributed by atoms with E-state index < -0.39 is 10.0 Å². The summed E-state index contributed by atoms with van der Waals surface area (Å²) in [5.74, 6) is 0.225. The highest BCUT2D eigenvalue weighted by Crippen LogP contribution is 2.31. The Morgan fingerprint density at radius 1 is 1.13 bits per heavy atom. The van der Waals surface area contributed by atoms with Crippen molar-refractivity contribution in [1.29, 1.82) is 0 Å². The van der Waals surface area contributed by atoms with Crippen molar-refractivity contribution >= 4 is 21.6 Å². The van der Waals surface area contributed by atoms with Gasteiger partial charge in [0.1, 0.15) is 10.6 Å². The quantitative estimate of drug-likeness (QED) is 0.608. The monoisotopic (exact) mass is 445 g/mol. The molecule has 0 aliphatic carbocycles. The highest BCUT2D eigenvalue weighted by atomic mass is 32.2. The fourth-order valence-corrected chi connectivity index (χ4v) is 5.48. The van der Waals surface area contributed by atoms with E-state index in [0.29, 0.717) is 16.8 Å². The fraction of sp³-hybridized carbons (Fsp3) is 0.435. The molecule has 0 spiro atoms. The van der Waals surface area contributed by atoms with Gasteiger partial charge in [-0.05, 0) is 75.9 Å². The molecule has 1 aliphatic heterocycles. The molecule has 1 amide bonds. The standard InChI is InChI=1S/C23H31N3O4S/c1-15-7-5-6-8-19(15)23(27)25-20-14-21(30-4)22(13-16(20)2)31(28,29)26-17(3)18-9-11-24-12-10-18/h5-8,13-14,17-18,24,26H,9-12H2,1-4H3,(H,25,27). The van der Waals surface area contributed by atoms with Crippen molar-refractivity contribution < 1.29 is 17.9 Å². The molecule has 8 heteroatoms. The number of carbonyl (C=O) groups is 1. The first kappa shape index (κ1) is 23.2. The zero-order chi connectivity index (χ0) is 22.6. The average molecular weight is 446 g/mol. The first-order valence-corrected chi connectivity index (χ1v) is 12.0. The Morgan fingerprint density at radius 3 is 2.45 bits per heavy atom. The predicted molar refractivity (Wildman–Crippen MR) is 122 cm³/mol. The van der Waals surface area contributed by atoms with Crippen LogP contribution in [0, 0.1) is 19.8 Å². The van der Waals surface area contributed by atoms with E-state index in [2.05, 4.69) is 15.4 Å². The van der Waals surface area contributed by atoms with Gasteiger partial charge in [-0.1, -0.05) is 18.2 Å². The van der Waals surface area contributed by atoms with Gasteiger partial charge in [-0.15, -0.1) is 0 Å². The van der Waals surface area contributed by atoms with Gasteiger partial charge in [0.25, 0.3) is 5.91 Å². The molecular weight excluding hydrogens is 414 g/mol. The van der Waals surface area contributed by atoms with Crippen LogP contribution in [0.5, 0.6) is 5.75 Å². The number of hydrogen-bond acceptors (Lipinski definition) is 5. The smallest absolute Gasteiger partial charge is 0.255 e. The van der Waals surface area contributed by atoms with Gasteiger partial charge in [0.05, 0.1) is 7.11 Å². The van der Waals surface area contributed by atoms with Crippen molar-refractivity contribution in [2.45, 2.75) is 44.6 Å². The van der Waals surface area contributed by atoms with Crippen LogP contribution in [0.15, 0.2) is 41.3 Å². The molecule has 7 nitrogen and oxygen atoms in total. The lowest BCUT2D eigenvalue weighted by Crippen LogP contribution is -2.42. The second-order valence-electron chi connectivity index (χ2n) is 8.08. The molecule has 31 heavy (non-hydrogen) atoms. The lowest BCUT2D eigenvalue weighted by atomic mass is 9.92. The summed E-state index contributed by atoms with van der Waals surface area (Å²) in [7, 11) is -2.36. The molecule has 1 heterocycles. The first-order chi connectivity index (χ1) is 14.7. The van der Waals surface area contributed by atoms with E-state index in [1.54, 1.807) is 31.2 Å². The van der Waals surface area contributed by atoms with Crippen molar-refractivity contribution in [3.05, 3.63) is 53.1 Å². The van der Waals surface area contributed by atoms with E-state index in [-0.39, 0.29) is 28.5 Å². The summed E-state index contributed by atoms with van der Waals surface area (Å²) in [6.07, 6.45) is 1.87. The minimum absolute atomic E-state index is 0.0715. The summed E-state index contributed by atoms with van der Waals surface area (Å²) in [5, 5.41) is 6.17. The number of aryl methyl sites for hydroxylation is 2. The van der Waals surface area contributed by atoms with Gasteiger partial charge in [0.2, 0.25) is 10.0 Å². The van der Waals surface area contributed by atoms with Gasteiger partial charge < -0.3 is 15.4 Å². The molecule has 168 valence electrons. The summed E-state index contributed by atoms with van der Waals surface area (Å²) in [6, 6.07) is 10.2. The maximum absolute atomic E-state index is 13.1. The topological polar surface area (TPSA) is 96.5 Å². The molecular formula is C23H31N3O4S. The number of hydrogen-bond donors (Lipinski definition) is 3. The largest absolute Gasteiger partial charge is 0.495 e. The van der Waals surface area contributed by atoms with Gasteiger partial charge in [-0.25, -0.2) is 13.1 Å². The van der Waals surface area contributed by atoms with E-state index in [0.717, 1.165) is 31.5 Å². The lowest BCUT2D eigenvalue weighted by Gasteiger charge is -2.29. The maximum Gasteiger partial charge on any atom is 0.255 e. The number of sulfonamides is 1. The van der Waals surface area contributed by atoms with Crippen molar-refractivity contribution in [3.63, 3.8) is 0 Å². The summed E-state index contributed by atoms with van der Waals surface area (Å²) < 4.78 is 34.4. The molecule has 2 aromatic rings. The molecule has 1 aliphatic rings. The summed E-state index contributed by atoms with van der Waals surface area (Å²) in [6.45, 7) is 7.34. The first-order valence-electron chi connectivity index (χ1n) is 10.5. The number of anilines is 1. The van der Waals surface area contributed by atoms with Crippen molar-refractivity contribution in [1.82, 2.24) is 10.0 Å². The van der Waals surface area contributed by atoms with Gasteiger partial charge in [0, 0.05) is 23.4 Å². The molecule has 0 radical (unpaired) electrons. The van der Waals surface area contributed by atoms with E-state index >= 15 is 0 Å². The molecule has 1 saturated heterocycles. The van der Waals surface area contributed by atoms with Crippen molar-refractivity contribution in [2.24, 2.45) is 5.92 Å². The van der Waals surface area contributed by atoms with E-state index in [1.165, 1.54) is 7.11 Å². The third-order valence-electron chi connectivity index (χ3n) is 5.87. The Kier molecular flexibility index (Phi) is 7.35. The number of nitrogens with one attached hydrogen (secondary N) is 3. The van der Waals surface area contributed by atoms with Crippen LogP contribution in [0.25, 0.3) is 0 Å². The maximum atomic E-state index is 13.1. The molecule has 3 N–H and O–H groups in total. The zero-order valence-corrected chi connectivity index (χ0v) is 19.3. The van der Waals surface area contributed by atoms with Crippen LogP contribution in [-0.4, -0.2) is 40.6 Å². The Balaban J connectivity index is 1.84. The zero-order valence-electron chi connectivity index (χ0n) is 18.5. The second kappa shape index (κ2) is 9.80. The second-order valence-corrected chi connectivity index (χ2v) is 9.77. The molecule has 1 fully saturated rings. The van der Waals surface area contributed by atoms with E-state index in [4.69, 9.17) is 4.74 Å². The number of amides is 1. The van der Waals surface area contributed by atoms with Crippen molar-refractivity contribution in [3.8, 4) is 5.75 Å². The van der Waals surface area contributed by atoms with Gasteiger partial charge in [-0.3, -0.25) is 4.79 Å². The molecule has 1 atom stereocenters. The third kappa shape index (κ3) is 5.44. The third-order valence-corrected chi connectivity index (χ3v) is 7.45. The molecule has 2 aromatic carbocycles. The Labute approximate surface area is 184 Å². The molecule has 3 rings (SSSR count). The Morgan fingerprint density at radius 2 is 1.81 bits per heavy atom. The molecule has 0 aromatic heterocycles. The van der Waals surface area contributed by atoms with Gasteiger partial charge in [0.15, 0.2) is 0 Å². The van der Waals surface area contributed by atoms with Crippen LogP contribution in [0.3, 0.4) is 0 Å². The van der Waals surface area contributed by atoms with Crippen LogP contribution < -0.4 is 20.1 Å². The van der Waals surface area contributed by atoms with Crippen LogP contribution >= 0.6 is 0 Å². The van der Waals surface area contributed by atoms with Crippen LogP contribution in [0.1, 0.15) is 41.3 Å². The highest BCUT2D eigenvalue weighted by molar-refractivity contribution is 7.89. The van der Waals surface area contributed by atoms with E-state index in [1.807, 2.05) is 26.0 Å². The van der Waals surface area contributed by atoms with Crippen LogP contribution in [0.4, 0.5) is 5.69 Å². The number of ether oxygens (including phenoxy) is 1. The number of piperidine rings is 1. The highest BCUT2D eigenvalue weighted by Gasteiger charge is 2.28. The number of benzene rings is 2. The van der Waals surface area contributed by atoms with Gasteiger partial charge in [-0.2, -0.15) is 0 Å². The SMILES string of the molecule is COc1cc(NC(=O)c2ccccc2C)c(C)cc1S(=O)(=O)NC(C)C1CCNCC1. The van der Waals surface area contributed by atoms with Gasteiger partial charge >= 0.3 is 0 Å². The fourth-order valence-electron chi connectivity index (χ4n) is 3.93. The molecule has 0 bridgehead atoms. The normalized spacial score (nSPS) is 16.0. The predicted octanol–water partition coefficient (Wildman–Crippen LogP) is 3.23. The molecule has 0 saturated carbocycles. The minimum Gasteiger partial charge on any atom is -0.495 e. The number of carbonyl (C=O) groups excluding carboxylic acids is 1. The Bertz CT molecular complexity index is 1050. The van der Waals surface area contributed by atoms with Crippen LogP contribution in [0.2, 0.25) is 0 Å².